The molecule has 1 amide bonds. The first kappa shape index (κ1) is 18.9. The third-order valence-electron chi connectivity index (χ3n) is 4.87. The van der Waals surface area contributed by atoms with Gasteiger partial charge in [-0.2, -0.15) is 0 Å². The van der Waals surface area contributed by atoms with E-state index in [1.807, 2.05) is 25.1 Å². The van der Waals surface area contributed by atoms with Gasteiger partial charge < -0.3 is 10.1 Å². The van der Waals surface area contributed by atoms with E-state index in [0.717, 1.165) is 19.4 Å². The largest absolute Gasteiger partial charge is 0.378 e. The molecule has 2 unspecified atom stereocenters. The Morgan fingerprint density at radius 3 is 2.92 bits per heavy atom. The minimum atomic E-state index is -0.214. The van der Waals surface area contributed by atoms with Crippen LogP contribution in [0.15, 0.2) is 24.3 Å². The highest BCUT2D eigenvalue weighted by Gasteiger charge is 2.29. The van der Waals surface area contributed by atoms with Gasteiger partial charge >= 0.3 is 0 Å². The zero-order valence-corrected chi connectivity index (χ0v) is 16.2. The molecule has 0 aliphatic carbocycles. The fourth-order valence-electron chi connectivity index (χ4n) is 3.52. The third kappa shape index (κ3) is 3.91. The molecule has 2 aromatic rings. The number of carbonyl (C=O) groups excluding carboxylic acids is 1. The van der Waals surface area contributed by atoms with E-state index >= 15 is 0 Å². The molecule has 2 atom stereocenters. The lowest BCUT2D eigenvalue weighted by Gasteiger charge is -2.34. The van der Waals surface area contributed by atoms with E-state index in [1.54, 1.807) is 10.7 Å². The van der Waals surface area contributed by atoms with Crippen molar-refractivity contribution < 1.29 is 9.53 Å². The summed E-state index contributed by atoms with van der Waals surface area (Å²) in [5, 5.41) is 11.7. The standard InChI is InChI=1S/C19H25ClN4O2/c1-12(2)18-14(7-6-10-26-18)11-21-19(25)17-13(3)24(23-22-17)16-9-5-4-8-15(16)20/h4-5,8-9,12,14,18H,6-7,10-11H2,1-3H3,(H,21,25). The molecule has 3 rings (SSSR count). The Morgan fingerprint density at radius 2 is 2.19 bits per heavy atom. The van der Waals surface area contributed by atoms with E-state index in [2.05, 4.69) is 29.5 Å². The van der Waals surface area contributed by atoms with E-state index in [-0.39, 0.29) is 12.0 Å². The number of rotatable bonds is 5. The van der Waals surface area contributed by atoms with Gasteiger partial charge in [-0.25, -0.2) is 4.68 Å². The van der Waals surface area contributed by atoms with Crippen LogP contribution in [-0.2, 0) is 4.74 Å². The molecule has 0 radical (unpaired) electrons. The van der Waals surface area contributed by atoms with Gasteiger partial charge in [0, 0.05) is 19.1 Å². The lowest BCUT2D eigenvalue weighted by Crippen LogP contribution is -2.41. The molecule has 1 aliphatic heterocycles. The first-order valence-corrected chi connectivity index (χ1v) is 9.44. The Hall–Kier alpha value is -1.92. The quantitative estimate of drug-likeness (QED) is 0.868. The molecule has 0 bridgehead atoms. The summed E-state index contributed by atoms with van der Waals surface area (Å²) >= 11 is 6.22. The maximum absolute atomic E-state index is 12.6. The number of nitrogens with one attached hydrogen (secondary N) is 1. The van der Waals surface area contributed by atoms with Crippen molar-refractivity contribution in [2.75, 3.05) is 13.2 Å². The van der Waals surface area contributed by atoms with Crippen LogP contribution in [0.1, 0.15) is 42.9 Å². The molecule has 0 saturated carbocycles. The Bertz CT molecular complexity index is 775. The third-order valence-corrected chi connectivity index (χ3v) is 5.19. The number of amides is 1. The Balaban J connectivity index is 1.70. The molecule has 2 heterocycles. The highest BCUT2D eigenvalue weighted by atomic mass is 35.5. The summed E-state index contributed by atoms with van der Waals surface area (Å²) in [6, 6.07) is 7.35. The minimum absolute atomic E-state index is 0.184. The maximum atomic E-state index is 12.6. The second-order valence-corrected chi connectivity index (χ2v) is 7.49. The van der Waals surface area contributed by atoms with Crippen LogP contribution in [0.3, 0.4) is 0 Å². The Kier molecular flexibility index (Phi) is 5.94. The summed E-state index contributed by atoms with van der Waals surface area (Å²) in [4.78, 5) is 12.6. The summed E-state index contributed by atoms with van der Waals surface area (Å²) in [6.45, 7) is 7.52. The van der Waals surface area contributed by atoms with Crippen molar-refractivity contribution in [3.63, 3.8) is 0 Å². The highest BCUT2D eigenvalue weighted by Crippen LogP contribution is 2.26. The van der Waals surface area contributed by atoms with Crippen molar-refractivity contribution in [3.8, 4) is 5.69 Å². The van der Waals surface area contributed by atoms with Gasteiger partial charge in [0.1, 0.15) is 0 Å². The van der Waals surface area contributed by atoms with Gasteiger partial charge in [-0.05, 0) is 37.8 Å². The molecule has 1 saturated heterocycles. The molecular weight excluding hydrogens is 352 g/mol. The van der Waals surface area contributed by atoms with Crippen LogP contribution in [0, 0.1) is 18.8 Å². The number of hydrogen-bond donors (Lipinski definition) is 1. The fraction of sp³-hybridized carbons (Fsp3) is 0.526. The Morgan fingerprint density at radius 1 is 1.42 bits per heavy atom. The minimum Gasteiger partial charge on any atom is -0.378 e. The predicted molar refractivity (Wildman–Crippen MR) is 101 cm³/mol. The van der Waals surface area contributed by atoms with Crippen molar-refractivity contribution >= 4 is 17.5 Å². The molecule has 1 fully saturated rings. The second kappa shape index (κ2) is 8.18. The number of aromatic nitrogens is 3. The monoisotopic (exact) mass is 376 g/mol. The van der Waals surface area contributed by atoms with Crippen LogP contribution >= 0.6 is 11.6 Å². The van der Waals surface area contributed by atoms with Crippen molar-refractivity contribution in [2.24, 2.45) is 11.8 Å². The van der Waals surface area contributed by atoms with Crippen LogP contribution in [0.25, 0.3) is 5.69 Å². The Labute approximate surface area is 158 Å². The number of carbonyl (C=O) groups is 1. The van der Waals surface area contributed by atoms with E-state index in [4.69, 9.17) is 16.3 Å². The van der Waals surface area contributed by atoms with Gasteiger partial charge in [-0.15, -0.1) is 5.10 Å². The number of nitrogens with zero attached hydrogens (tertiary/aromatic N) is 3. The molecule has 1 aromatic heterocycles. The van der Waals surface area contributed by atoms with E-state index in [1.165, 1.54) is 0 Å². The summed E-state index contributed by atoms with van der Waals surface area (Å²) in [5.74, 6) is 0.542. The zero-order valence-electron chi connectivity index (χ0n) is 15.4. The second-order valence-electron chi connectivity index (χ2n) is 7.08. The summed E-state index contributed by atoms with van der Waals surface area (Å²) in [5.41, 5.74) is 1.69. The van der Waals surface area contributed by atoms with Gasteiger partial charge in [-0.1, -0.05) is 42.8 Å². The molecule has 0 spiro atoms. The van der Waals surface area contributed by atoms with E-state index in [0.29, 0.717) is 40.5 Å². The van der Waals surface area contributed by atoms with Crippen molar-refractivity contribution in [3.05, 3.63) is 40.7 Å². The lowest BCUT2D eigenvalue weighted by molar-refractivity contribution is -0.0510. The molecule has 1 aliphatic rings. The molecule has 7 heteroatoms. The SMILES string of the molecule is Cc1c(C(=O)NCC2CCCOC2C(C)C)nnn1-c1ccccc1Cl. The molecule has 6 nitrogen and oxygen atoms in total. The molecule has 26 heavy (non-hydrogen) atoms. The first-order chi connectivity index (χ1) is 12.5. The van der Waals surface area contributed by atoms with Crippen molar-refractivity contribution in [1.82, 2.24) is 20.3 Å². The number of ether oxygens (including phenoxy) is 1. The van der Waals surface area contributed by atoms with Crippen LogP contribution in [0.2, 0.25) is 5.02 Å². The van der Waals surface area contributed by atoms with Gasteiger partial charge in [0.2, 0.25) is 0 Å². The molecule has 140 valence electrons. The highest BCUT2D eigenvalue weighted by molar-refractivity contribution is 6.32. The molecule has 1 N–H and O–H groups in total. The predicted octanol–water partition coefficient (Wildman–Crippen LogP) is 3.41. The smallest absolute Gasteiger partial charge is 0.273 e. The van der Waals surface area contributed by atoms with Gasteiger partial charge in [0.05, 0.1) is 22.5 Å². The fourth-order valence-corrected chi connectivity index (χ4v) is 3.73. The normalized spacial score (nSPS) is 20.3. The average molecular weight is 377 g/mol. The number of benzene rings is 1. The van der Waals surface area contributed by atoms with Crippen molar-refractivity contribution in [1.29, 1.82) is 0 Å². The van der Waals surface area contributed by atoms with Crippen LogP contribution < -0.4 is 5.32 Å². The summed E-state index contributed by atoms with van der Waals surface area (Å²) in [6.07, 6.45) is 2.28. The van der Waals surface area contributed by atoms with Gasteiger partial charge in [0.15, 0.2) is 5.69 Å². The summed E-state index contributed by atoms with van der Waals surface area (Å²) in [7, 11) is 0. The van der Waals surface area contributed by atoms with E-state index in [9.17, 15) is 4.79 Å². The number of hydrogen-bond acceptors (Lipinski definition) is 4. The average Bonchev–Trinajstić information content (AvgIpc) is 3.01. The lowest BCUT2D eigenvalue weighted by atomic mass is 9.87. The van der Waals surface area contributed by atoms with Crippen LogP contribution in [0.5, 0.6) is 0 Å². The van der Waals surface area contributed by atoms with Crippen LogP contribution in [-0.4, -0.2) is 40.2 Å². The number of halogens is 1. The van der Waals surface area contributed by atoms with Crippen molar-refractivity contribution in [2.45, 2.75) is 39.7 Å². The number of para-hydroxylation sites is 1. The zero-order chi connectivity index (χ0) is 18.7. The molecule has 1 aromatic carbocycles. The maximum Gasteiger partial charge on any atom is 0.273 e. The van der Waals surface area contributed by atoms with Gasteiger partial charge in [0.25, 0.3) is 5.91 Å². The molecular formula is C19H25ClN4O2. The van der Waals surface area contributed by atoms with Crippen LogP contribution in [0.4, 0.5) is 0 Å². The first-order valence-electron chi connectivity index (χ1n) is 9.06. The van der Waals surface area contributed by atoms with Gasteiger partial charge in [-0.3, -0.25) is 4.79 Å². The summed E-state index contributed by atoms with van der Waals surface area (Å²) < 4.78 is 7.49. The topological polar surface area (TPSA) is 69.0 Å². The van der Waals surface area contributed by atoms with E-state index < -0.39 is 0 Å².